The number of nitrogens with one attached hydrogen (secondary N) is 1. The summed E-state index contributed by atoms with van der Waals surface area (Å²) < 4.78 is 13.0. The van der Waals surface area contributed by atoms with Crippen LogP contribution in [0.2, 0.25) is 0 Å². The van der Waals surface area contributed by atoms with E-state index in [9.17, 15) is 4.39 Å². The Kier molecular flexibility index (Phi) is 7.42. The third kappa shape index (κ3) is 5.27. The van der Waals surface area contributed by atoms with E-state index >= 15 is 0 Å². The van der Waals surface area contributed by atoms with Crippen molar-refractivity contribution < 1.29 is 4.39 Å². The van der Waals surface area contributed by atoms with E-state index in [4.69, 9.17) is 0 Å². The molecule has 0 atom stereocenters. The zero-order valence-corrected chi connectivity index (χ0v) is 17.6. The first-order valence-electron chi connectivity index (χ1n) is 8.03. The maximum absolute atomic E-state index is 13.0. The fourth-order valence-electron chi connectivity index (χ4n) is 2.80. The Morgan fingerprint density at radius 2 is 1.92 bits per heavy atom. The van der Waals surface area contributed by atoms with Crippen molar-refractivity contribution in [3.05, 3.63) is 46.2 Å². The van der Waals surface area contributed by atoms with Gasteiger partial charge in [0.2, 0.25) is 0 Å². The number of anilines is 1. The number of guanidine groups is 1. The minimum atomic E-state index is -0.195. The van der Waals surface area contributed by atoms with Crippen LogP contribution < -0.4 is 10.2 Å². The van der Waals surface area contributed by atoms with Gasteiger partial charge in [-0.05, 0) is 31.2 Å². The maximum Gasteiger partial charge on any atom is 0.194 e. The highest BCUT2D eigenvalue weighted by Crippen LogP contribution is 2.17. The topological polar surface area (TPSA) is 43.8 Å². The molecule has 0 unspecified atom stereocenters. The van der Waals surface area contributed by atoms with Crippen molar-refractivity contribution in [1.29, 1.82) is 0 Å². The third-order valence-corrected chi connectivity index (χ3v) is 5.01. The van der Waals surface area contributed by atoms with E-state index in [2.05, 4.69) is 30.5 Å². The summed E-state index contributed by atoms with van der Waals surface area (Å²) in [4.78, 5) is 13.4. The van der Waals surface area contributed by atoms with Crippen LogP contribution in [-0.2, 0) is 6.54 Å². The third-order valence-electron chi connectivity index (χ3n) is 4.05. The first-order valence-corrected chi connectivity index (χ1v) is 8.91. The van der Waals surface area contributed by atoms with E-state index < -0.39 is 0 Å². The number of hydrogen-bond acceptors (Lipinski definition) is 4. The Bertz CT molecular complexity index is 695. The number of hydrogen-bond donors (Lipinski definition) is 1. The van der Waals surface area contributed by atoms with Gasteiger partial charge in [0, 0.05) is 50.0 Å². The number of aryl methyl sites for hydroxylation is 1. The monoisotopic (exact) mass is 475 g/mol. The summed E-state index contributed by atoms with van der Waals surface area (Å²) in [5.41, 5.74) is 2.12. The Labute approximate surface area is 169 Å². The van der Waals surface area contributed by atoms with E-state index in [1.165, 1.54) is 12.1 Å². The molecule has 0 saturated carbocycles. The second-order valence-electron chi connectivity index (χ2n) is 5.73. The van der Waals surface area contributed by atoms with Crippen molar-refractivity contribution in [2.24, 2.45) is 4.99 Å². The van der Waals surface area contributed by atoms with Gasteiger partial charge in [-0.25, -0.2) is 9.37 Å². The lowest BCUT2D eigenvalue weighted by Crippen LogP contribution is -2.52. The second-order valence-corrected chi connectivity index (χ2v) is 6.68. The van der Waals surface area contributed by atoms with Crippen molar-refractivity contribution >= 4 is 47.0 Å². The van der Waals surface area contributed by atoms with E-state index in [0.29, 0.717) is 6.54 Å². The van der Waals surface area contributed by atoms with Crippen LogP contribution in [-0.4, -0.2) is 49.1 Å². The van der Waals surface area contributed by atoms with Crippen LogP contribution in [0, 0.1) is 12.7 Å². The summed E-state index contributed by atoms with van der Waals surface area (Å²) in [6.45, 7) is 6.25. The van der Waals surface area contributed by atoms with Crippen molar-refractivity contribution in [3.8, 4) is 0 Å². The molecular formula is C17H23FIN5S. The molecule has 3 rings (SSSR count). The minimum absolute atomic E-state index is 0. The molecule has 25 heavy (non-hydrogen) atoms. The Balaban J connectivity index is 0.00000225. The van der Waals surface area contributed by atoms with Crippen LogP contribution >= 0.6 is 35.3 Å². The number of nitrogens with zero attached hydrogens (tertiary/aromatic N) is 4. The predicted molar refractivity (Wildman–Crippen MR) is 113 cm³/mol. The van der Waals surface area contributed by atoms with Gasteiger partial charge in [0.05, 0.1) is 6.54 Å². The molecule has 1 saturated heterocycles. The molecule has 1 aliphatic rings. The lowest BCUT2D eigenvalue weighted by atomic mass is 10.2. The normalized spacial score (nSPS) is 15.1. The highest BCUT2D eigenvalue weighted by molar-refractivity contribution is 14.0. The van der Waals surface area contributed by atoms with Gasteiger partial charge in [-0.15, -0.1) is 35.3 Å². The Morgan fingerprint density at radius 1 is 1.24 bits per heavy atom. The van der Waals surface area contributed by atoms with Crippen LogP contribution in [0.25, 0.3) is 0 Å². The van der Waals surface area contributed by atoms with E-state index in [-0.39, 0.29) is 29.8 Å². The second kappa shape index (κ2) is 9.33. The highest BCUT2D eigenvalue weighted by Gasteiger charge is 2.20. The molecule has 2 aromatic rings. The molecule has 1 aromatic heterocycles. The van der Waals surface area contributed by atoms with Gasteiger partial charge in [0.1, 0.15) is 10.8 Å². The molecule has 1 aliphatic heterocycles. The largest absolute Gasteiger partial charge is 0.368 e. The molecule has 1 fully saturated rings. The van der Waals surface area contributed by atoms with Gasteiger partial charge in [0.15, 0.2) is 5.96 Å². The summed E-state index contributed by atoms with van der Waals surface area (Å²) >= 11 is 1.66. The first-order chi connectivity index (χ1) is 11.7. The van der Waals surface area contributed by atoms with Gasteiger partial charge in [-0.3, -0.25) is 4.99 Å². The van der Waals surface area contributed by atoms with E-state index in [1.807, 2.05) is 26.1 Å². The van der Waals surface area contributed by atoms with E-state index in [0.717, 1.165) is 48.5 Å². The molecule has 0 spiro atoms. The van der Waals surface area contributed by atoms with Gasteiger partial charge >= 0.3 is 0 Å². The SMILES string of the molecule is CN=C(NCc1nc(C)cs1)N1CCN(c2ccc(F)cc2)CC1.I. The molecule has 2 heterocycles. The highest BCUT2D eigenvalue weighted by atomic mass is 127. The van der Waals surface area contributed by atoms with Gasteiger partial charge in [0.25, 0.3) is 0 Å². The number of aliphatic imine (C=N–C) groups is 1. The predicted octanol–water partition coefficient (Wildman–Crippen LogP) is 3.11. The van der Waals surface area contributed by atoms with Gasteiger partial charge < -0.3 is 15.1 Å². The molecule has 5 nitrogen and oxygen atoms in total. The van der Waals surface area contributed by atoms with Crippen molar-refractivity contribution in [3.63, 3.8) is 0 Å². The molecule has 0 amide bonds. The van der Waals surface area contributed by atoms with Crippen LogP contribution in [0.15, 0.2) is 34.6 Å². The zero-order chi connectivity index (χ0) is 16.9. The average Bonchev–Trinajstić information content (AvgIpc) is 3.02. The molecule has 0 radical (unpaired) electrons. The van der Waals surface area contributed by atoms with Crippen LogP contribution in [0.5, 0.6) is 0 Å². The summed E-state index contributed by atoms with van der Waals surface area (Å²) in [6, 6.07) is 6.70. The smallest absolute Gasteiger partial charge is 0.194 e. The molecule has 0 bridgehead atoms. The molecule has 8 heteroatoms. The number of thiazole rings is 1. The standard InChI is InChI=1S/C17H22FN5S.HI/c1-13-12-24-16(21-13)11-20-17(19-2)23-9-7-22(8-10-23)15-5-3-14(18)4-6-15;/h3-6,12H,7-11H2,1-2H3,(H,19,20);1H. The van der Waals surface area contributed by atoms with Crippen molar-refractivity contribution in [2.45, 2.75) is 13.5 Å². The maximum atomic E-state index is 13.0. The molecule has 1 aromatic carbocycles. The fourth-order valence-corrected chi connectivity index (χ4v) is 3.51. The van der Waals surface area contributed by atoms with Crippen LogP contribution in [0.4, 0.5) is 10.1 Å². The number of halogens is 2. The van der Waals surface area contributed by atoms with Crippen molar-refractivity contribution in [1.82, 2.24) is 15.2 Å². The summed E-state index contributed by atoms with van der Waals surface area (Å²) in [5.74, 6) is 0.709. The summed E-state index contributed by atoms with van der Waals surface area (Å²) in [7, 11) is 1.81. The quantitative estimate of drug-likeness (QED) is 0.421. The van der Waals surface area contributed by atoms with Gasteiger partial charge in [-0.1, -0.05) is 0 Å². The molecule has 1 N–H and O–H groups in total. The van der Waals surface area contributed by atoms with Crippen molar-refractivity contribution in [2.75, 3.05) is 38.1 Å². The van der Waals surface area contributed by atoms with Gasteiger partial charge in [-0.2, -0.15) is 0 Å². The zero-order valence-electron chi connectivity index (χ0n) is 14.4. The number of piperazine rings is 1. The fraction of sp³-hybridized carbons (Fsp3) is 0.412. The average molecular weight is 475 g/mol. The number of rotatable bonds is 3. The lowest BCUT2D eigenvalue weighted by Gasteiger charge is -2.37. The molecule has 0 aliphatic carbocycles. The summed E-state index contributed by atoms with van der Waals surface area (Å²) in [5, 5.41) is 6.51. The minimum Gasteiger partial charge on any atom is -0.368 e. The molecule has 136 valence electrons. The Morgan fingerprint density at radius 3 is 2.48 bits per heavy atom. The number of aromatic nitrogens is 1. The first kappa shape index (κ1) is 19.9. The van der Waals surface area contributed by atoms with E-state index in [1.54, 1.807) is 11.3 Å². The Hall–Kier alpha value is -1.42. The lowest BCUT2D eigenvalue weighted by molar-refractivity contribution is 0.372. The molecular weight excluding hydrogens is 452 g/mol. The van der Waals surface area contributed by atoms with Crippen LogP contribution in [0.3, 0.4) is 0 Å². The summed E-state index contributed by atoms with van der Waals surface area (Å²) in [6.07, 6.45) is 0. The van der Waals surface area contributed by atoms with Crippen LogP contribution in [0.1, 0.15) is 10.7 Å². The number of benzene rings is 1.